The molecular formula is C15H18F3N5O4S. The van der Waals surface area contributed by atoms with Crippen molar-refractivity contribution >= 4 is 22.4 Å². The Morgan fingerprint density at radius 1 is 1.32 bits per heavy atom. The predicted molar refractivity (Wildman–Crippen MR) is 90.0 cm³/mol. The lowest BCUT2D eigenvalue weighted by Gasteiger charge is -2.17. The first kappa shape index (κ1) is 20.5. The summed E-state index contributed by atoms with van der Waals surface area (Å²) in [6, 6.07) is 0. The zero-order valence-corrected chi connectivity index (χ0v) is 15.8. The van der Waals surface area contributed by atoms with Crippen LogP contribution in [0.2, 0.25) is 0 Å². The van der Waals surface area contributed by atoms with E-state index >= 15 is 0 Å². The van der Waals surface area contributed by atoms with Crippen LogP contribution in [-0.2, 0) is 16.0 Å². The summed E-state index contributed by atoms with van der Waals surface area (Å²) in [7, 11) is 0. The monoisotopic (exact) mass is 421 g/mol. The maximum atomic E-state index is 10.6. The van der Waals surface area contributed by atoms with Gasteiger partial charge in [0.2, 0.25) is 11.0 Å². The van der Waals surface area contributed by atoms with Gasteiger partial charge in [-0.2, -0.15) is 18.2 Å². The highest BCUT2D eigenvalue weighted by Gasteiger charge is 2.45. The number of aromatic nitrogens is 4. The van der Waals surface area contributed by atoms with Crippen molar-refractivity contribution in [2.45, 2.75) is 32.5 Å². The molecule has 13 heteroatoms. The molecule has 2 aliphatic rings. The number of rotatable bonds is 3. The molecule has 28 heavy (non-hydrogen) atoms. The third kappa shape index (κ3) is 4.76. The van der Waals surface area contributed by atoms with Crippen molar-refractivity contribution < 1.29 is 32.3 Å². The molecule has 0 saturated carbocycles. The fraction of sp³-hybridized carbons (Fsp3) is 0.667. The predicted octanol–water partition coefficient (Wildman–Crippen LogP) is 1.87. The summed E-state index contributed by atoms with van der Waals surface area (Å²) in [6.07, 6.45) is -4.01. The van der Waals surface area contributed by atoms with Crippen LogP contribution in [0.3, 0.4) is 0 Å². The molecule has 3 atom stereocenters. The largest absolute Gasteiger partial charge is 0.490 e. The van der Waals surface area contributed by atoms with E-state index in [4.69, 9.17) is 19.2 Å². The van der Waals surface area contributed by atoms with Crippen LogP contribution in [0.5, 0.6) is 0 Å². The zero-order valence-electron chi connectivity index (χ0n) is 15.0. The molecule has 9 nitrogen and oxygen atoms in total. The van der Waals surface area contributed by atoms with Gasteiger partial charge in [-0.3, -0.25) is 0 Å². The van der Waals surface area contributed by atoms with Crippen molar-refractivity contribution in [1.29, 1.82) is 0 Å². The second-order valence-electron chi connectivity index (χ2n) is 6.55. The number of anilines is 1. The van der Waals surface area contributed by atoms with Gasteiger partial charge in [0, 0.05) is 25.4 Å². The number of aliphatic carboxylic acids is 1. The average molecular weight is 421 g/mol. The second-order valence-corrected chi connectivity index (χ2v) is 7.71. The molecule has 0 amide bonds. The van der Waals surface area contributed by atoms with Crippen LogP contribution < -0.4 is 4.90 Å². The van der Waals surface area contributed by atoms with E-state index in [0.29, 0.717) is 23.6 Å². The second kappa shape index (κ2) is 7.99. The van der Waals surface area contributed by atoms with E-state index in [1.807, 2.05) is 13.8 Å². The van der Waals surface area contributed by atoms with Gasteiger partial charge in [-0.05, 0) is 19.8 Å². The first-order valence-electron chi connectivity index (χ1n) is 8.39. The lowest BCUT2D eigenvalue weighted by Crippen LogP contribution is -2.24. The van der Waals surface area contributed by atoms with Crippen LogP contribution in [0.15, 0.2) is 4.52 Å². The van der Waals surface area contributed by atoms with Crippen LogP contribution >= 0.6 is 11.3 Å². The number of alkyl halides is 3. The Labute approximate surface area is 161 Å². The van der Waals surface area contributed by atoms with E-state index in [1.165, 1.54) is 0 Å². The minimum Gasteiger partial charge on any atom is -0.475 e. The van der Waals surface area contributed by atoms with Gasteiger partial charge >= 0.3 is 12.1 Å². The van der Waals surface area contributed by atoms with Crippen molar-refractivity contribution in [3.05, 3.63) is 16.7 Å². The average Bonchev–Trinajstić information content (AvgIpc) is 3.34. The third-order valence-corrected chi connectivity index (χ3v) is 5.37. The maximum absolute atomic E-state index is 10.6. The molecular weight excluding hydrogens is 403 g/mol. The normalized spacial score (nSPS) is 24.0. The molecule has 2 fully saturated rings. The van der Waals surface area contributed by atoms with E-state index in [9.17, 15) is 13.2 Å². The SMILES string of the molecule is Cc1noc(C[C@@H]2CO[C@@H]3CN(c4nnc(C)s4)C[C@H]23)n1.O=C(O)C(F)(F)F. The lowest BCUT2D eigenvalue weighted by molar-refractivity contribution is -0.192. The number of carboxylic acid groups (broad SMARTS) is 1. The summed E-state index contributed by atoms with van der Waals surface area (Å²) < 4.78 is 42.9. The van der Waals surface area contributed by atoms with E-state index in [-0.39, 0.29) is 6.10 Å². The molecule has 4 heterocycles. The number of nitrogens with zero attached hydrogens (tertiary/aromatic N) is 5. The Kier molecular flexibility index (Phi) is 5.84. The Balaban J connectivity index is 0.000000279. The van der Waals surface area contributed by atoms with Gasteiger partial charge in [-0.15, -0.1) is 10.2 Å². The fourth-order valence-electron chi connectivity index (χ4n) is 3.23. The first-order valence-corrected chi connectivity index (χ1v) is 9.21. The van der Waals surface area contributed by atoms with Crippen molar-refractivity contribution in [3.8, 4) is 0 Å². The van der Waals surface area contributed by atoms with Crippen molar-refractivity contribution in [3.63, 3.8) is 0 Å². The van der Waals surface area contributed by atoms with Gasteiger partial charge in [0.15, 0.2) is 5.82 Å². The van der Waals surface area contributed by atoms with E-state index in [1.54, 1.807) is 11.3 Å². The van der Waals surface area contributed by atoms with Crippen LogP contribution in [0.25, 0.3) is 0 Å². The number of aryl methyl sites for hydroxylation is 2. The highest BCUT2D eigenvalue weighted by Crippen LogP contribution is 2.37. The van der Waals surface area contributed by atoms with E-state index in [0.717, 1.165) is 36.3 Å². The molecule has 4 rings (SSSR count). The van der Waals surface area contributed by atoms with Gasteiger partial charge < -0.3 is 19.3 Å². The van der Waals surface area contributed by atoms with Gasteiger partial charge in [-0.25, -0.2) is 4.79 Å². The summed E-state index contributed by atoms with van der Waals surface area (Å²) in [6.45, 7) is 6.47. The minimum absolute atomic E-state index is 0.281. The maximum Gasteiger partial charge on any atom is 0.490 e. The van der Waals surface area contributed by atoms with Crippen LogP contribution in [-0.4, -0.2) is 63.4 Å². The molecule has 0 spiro atoms. The van der Waals surface area contributed by atoms with Crippen molar-refractivity contribution in [2.75, 3.05) is 24.6 Å². The Morgan fingerprint density at radius 2 is 2.04 bits per heavy atom. The molecule has 2 aromatic heterocycles. The quantitative estimate of drug-likeness (QED) is 0.793. The Morgan fingerprint density at radius 3 is 2.57 bits per heavy atom. The molecule has 0 bridgehead atoms. The summed E-state index contributed by atoms with van der Waals surface area (Å²) >= 11 is 1.64. The van der Waals surface area contributed by atoms with E-state index < -0.39 is 12.1 Å². The number of ether oxygens (including phenoxy) is 1. The summed E-state index contributed by atoms with van der Waals surface area (Å²) in [5.41, 5.74) is 0. The molecule has 2 aliphatic heterocycles. The van der Waals surface area contributed by atoms with Gasteiger partial charge in [0.25, 0.3) is 0 Å². The number of fused-ring (bicyclic) bond motifs is 1. The zero-order chi connectivity index (χ0) is 20.5. The molecule has 154 valence electrons. The Bertz CT molecular complexity index is 827. The molecule has 2 aromatic rings. The molecule has 1 N–H and O–H groups in total. The number of carboxylic acids is 1. The van der Waals surface area contributed by atoms with Crippen LogP contribution in [0.1, 0.15) is 16.7 Å². The minimum atomic E-state index is -5.08. The highest BCUT2D eigenvalue weighted by molar-refractivity contribution is 7.15. The standard InChI is InChI=1S/C13H17N5O2S.C2HF3O2/c1-7-14-12(20-17-7)3-9-6-19-11-5-18(4-10(9)11)13-16-15-8(2)21-13;3-2(4,5)1(6)7/h9-11H,3-6H2,1-2H3;(H,6,7)/t9-,10-,11-;/m1./s1. The topological polar surface area (TPSA) is 114 Å². The highest BCUT2D eigenvalue weighted by atomic mass is 32.1. The van der Waals surface area contributed by atoms with Crippen LogP contribution in [0, 0.1) is 25.7 Å². The van der Waals surface area contributed by atoms with Crippen LogP contribution in [0.4, 0.5) is 18.3 Å². The number of halogens is 3. The number of hydrogen-bond donors (Lipinski definition) is 1. The third-order valence-electron chi connectivity index (χ3n) is 4.47. The lowest BCUT2D eigenvalue weighted by atomic mass is 9.90. The summed E-state index contributed by atoms with van der Waals surface area (Å²) in [5.74, 6) is -0.410. The summed E-state index contributed by atoms with van der Waals surface area (Å²) in [4.78, 5) is 15.5. The van der Waals surface area contributed by atoms with Crippen molar-refractivity contribution in [2.24, 2.45) is 11.8 Å². The first-order chi connectivity index (χ1) is 13.1. The summed E-state index contributed by atoms with van der Waals surface area (Å²) in [5, 5.41) is 21.3. The molecule has 2 saturated heterocycles. The Hall–Kier alpha value is -2.28. The smallest absolute Gasteiger partial charge is 0.475 e. The number of carbonyl (C=O) groups is 1. The fourth-order valence-corrected chi connectivity index (χ4v) is 3.93. The van der Waals surface area contributed by atoms with Gasteiger partial charge in [-0.1, -0.05) is 16.5 Å². The molecule has 0 aromatic carbocycles. The molecule has 0 radical (unpaired) electrons. The molecule has 0 aliphatic carbocycles. The van der Waals surface area contributed by atoms with Gasteiger partial charge in [0.05, 0.1) is 12.7 Å². The van der Waals surface area contributed by atoms with E-state index in [2.05, 4.69) is 25.2 Å². The molecule has 0 unspecified atom stereocenters. The number of hydrogen-bond acceptors (Lipinski definition) is 9. The van der Waals surface area contributed by atoms with Crippen molar-refractivity contribution in [1.82, 2.24) is 20.3 Å². The van der Waals surface area contributed by atoms with Gasteiger partial charge in [0.1, 0.15) is 5.01 Å².